The SMILES string of the molecule is COc1ccc(Br)c(CNc2ccn(C)n2)c1. The monoisotopic (exact) mass is 295 g/mol. The Hall–Kier alpha value is -1.49. The first-order valence-corrected chi connectivity index (χ1v) is 6.04. The average molecular weight is 296 g/mol. The van der Waals surface area contributed by atoms with Crippen molar-refractivity contribution < 1.29 is 4.74 Å². The van der Waals surface area contributed by atoms with Gasteiger partial charge in [0.05, 0.1) is 7.11 Å². The van der Waals surface area contributed by atoms with Crippen molar-refractivity contribution >= 4 is 21.7 Å². The number of halogens is 1. The molecule has 0 radical (unpaired) electrons. The van der Waals surface area contributed by atoms with Crippen LogP contribution in [0.4, 0.5) is 5.82 Å². The van der Waals surface area contributed by atoms with E-state index in [9.17, 15) is 0 Å². The molecule has 0 amide bonds. The van der Waals surface area contributed by atoms with E-state index in [1.54, 1.807) is 11.8 Å². The molecule has 0 aliphatic rings. The van der Waals surface area contributed by atoms with Crippen molar-refractivity contribution in [3.05, 3.63) is 40.5 Å². The fraction of sp³-hybridized carbons (Fsp3) is 0.250. The maximum atomic E-state index is 5.20. The number of aromatic nitrogens is 2. The molecule has 2 aromatic rings. The number of methoxy groups -OCH3 is 1. The number of hydrogen-bond donors (Lipinski definition) is 1. The van der Waals surface area contributed by atoms with Gasteiger partial charge in [-0.25, -0.2) is 0 Å². The molecule has 0 spiro atoms. The number of anilines is 1. The topological polar surface area (TPSA) is 39.1 Å². The van der Waals surface area contributed by atoms with Gasteiger partial charge in [-0.1, -0.05) is 15.9 Å². The number of hydrogen-bond acceptors (Lipinski definition) is 3. The quantitative estimate of drug-likeness (QED) is 0.943. The van der Waals surface area contributed by atoms with Gasteiger partial charge in [-0.15, -0.1) is 0 Å². The minimum absolute atomic E-state index is 0.703. The third-order valence-corrected chi connectivity index (χ3v) is 3.20. The summed E-state index contributed by atoms with van der Waals surface area (Å²) in [5, 5.41) is 7.51. The second-order valence-corrected chi connectivity index (χ2v) is 4.54. The highest BCUT2D eigenvalue weighted by molar-refractivity contribution is 9.10. The first kappa shape index (κ1) is 12.0. The number of aryl methyl sites for hydroxylation is 1. The fourth-order valence-electron chi connectivity index (χ4n) is 1.51. The van der Waals surface area contributed by atoms with Crippen LogP contribution in [0, 0.1) is 0 Å². The van der Waals surface area contributed by atoms with E-state index in [0.717, 1.165) is 21.6 Å². The minimum atomic E-state index is 0.703. The minimum Gasteiger partial charge on any atom is -0.497 e. The molecule has 0 atom stereocenters. The summed E-state index contributed by atoms with van der Waals surface area (Å²) in [6, 6.07) is 7.84. The largest absolute Gasteiger partial charge is 0.497 e. The number of ether oxygens (including phenoxy) is 1. The summed E-state index contributed by atoms with van der Waals surface area (Å²) in [7, 11) is 3.56. The maximum Gasteiger partial charge on any atom is 0.148 e. The summed E-state index contributed by atoms with van der Waals surface area (Å²) in [6.45, 7) is 0.703. The zero-order valence-electron chi connectivity index (χ0n) is 9.77. The van der Waals surface area contributed by atoms with Gasteiger partial charge in [-0.3, -0.25) is 4.68 Å². The number of rotatable bonds is 4. The molecule has 2 rings (SSSR count). The van der Waals surface area contributed by atoms with Crippen molar-refractivity contribution in [1.29, 1.82) is 0 Å². The van der Waals surface area contributed by atoms with Gasteiger partial charge < -0.3 is 10.1 Å². The summed E-state index contributed by atoms with van der Waals surface area (Å²) >= 11 is 3.52. The van der Waals surface area contributed by atoms with Crippen LogP contribution >= 0.6 is 15.9 Å². The Morgan fingerprint density at radius 1 is 1.41 bits per heavy atom. The molecule has 5 heteroatoms. The van der Waals surface area contributed by atoms with Gasteiger partial charge in [0.15, 0.2) is 0 Å². The Labute approximate surface area is 109 Å². The molecule has 90 valence electrons. The van der Waals surface area contributed by atoms with Crippen LogP contribution in [0.3, 0.4) is 0 Å². The summed E-state index contributed by atoms with van der Waals surface area (Å²) in [5.74, 6) is 1.72. The van der Waals surface area contributed by atoms with Gasteiger partial charge in [0, 0.05) is 30.3 Å². The molecule has 1 aromatic heterocycles. The standard InChI is InChI=1S/C12H14BrN3O/c1-16-6-5-12(15-16)14-8-9-7-10(17-2)3-4-11(9)13/h3-7H,8H2,1-2H3,(H,14,15). The summed E-state index contributed by atoms with van der Waals surface area (Å²) in [4.78, 5) is 0. The summed E-state index contributed by atoms with van der Waals surface area (Å²) in [5.41, 5.74) is 1.13. The molecular formula is C12H14BrN3O. The predicted octanol–water partition coefficient (Wildman–Crippen LogP) is 2.80. The van der Waals surface area contributed by atoms with Gasteiger partial charge in [0.1, 0.15) is 11.6 Å². The van der Waals surface area contributed by atoms with Crippen LogP contribution in [0.15, 0.2) is 34.9 Å². The molecular weight excluding hydrogens is 282 g/mol. The zero-order chi connectivity index (χ0) is 12.3. The molecule has 0 aliphatic carbocycles. The van der Waals surface area contributed by atoms with E-state index in [2.05, 4.69) is 26.3 Å². The van der Waals surface area contributed by atoms with E-state index in [-0.39, 0.29) is 0 Å². The Bertz CT molecular complexity index is 510. The van der Waals surface area contributed by atoms with Crippen LogP contribution in [-0.2, 0) is 13.6 Å². The first-order valence-electron chi connectivity index (χ1n) is 5.25. The number of benzene rings is 1. The third kappa shape index (κ3) is 3.00. The summed E-state index contributed by atoms with van der Waals surface area (Å²) in [6.07, 6.45) is 1.91. The van der Waals surface area contributed by atoms with Crippen molar-refractivity contribution in [1.82, 2.24) is 9.78 Å². The highest BCUT2D eigenvalue weighted by atomic mass is 79.9. The molecule has 4 nitrogen and oxygen atoms in total. The molecule has 17 heavy (non-hydrogen) atoms. The molecule has 0 saturated heterocycles. The molecule has 0 bridgehead atoms. The van der Waals surface area contributed by atoms with Crippen LogP contribution < -0.4 is 10.1 Å². The highest BCUT2D eigenvalue weighted by Crippen LogP contribution is 2.23. The second-order valence-electron chi connectivity index (χ2n) is 3.69. The second kappa shape index (κ2) is 5.23. The Morgan fingerprint density at radius 3 is 2.88 bits per heavy atom. The lowest BCUT2D eigenvalue weighted by Gasteiger charge is -2.08. The Balaban J connectivity index is 2.07. The lowest BCUT2D eigenvalue weighted by atomic mass is 10.2. The van der Waals surface area contributed by atoms with Crippen molar-refractivity contribution in [3.8, 4) is 5.75 Å². The van der Waals surface area contributed by atoms with Crippen LogP contribution in [0.5, 0.6) is 5.75 Å². The van der Waals surface area contributed by atoms with Crippen molar-refractivity contribution in [3.63, 3.8) is 0 Å². The Kier molecular flexibility index (Phi) is 3.68. The molecule has 1 N–H and O–H groups in total. The van der Waals surface area contributed by atoms with Gasteiger partial charge in [0.25, 0.3) is 0 Å². The normalized spacial score (nSPS) is 10.3. The molecule has 0 saturated carbocycles. The summed E-state index contributed by atoms with van der Waals surface area (Å²) < 4.78 is 8.02. The first-order chi connectivity index (χ1) is 8.19. The van der Waals surface area contributed by atoms with Gasteiger partial charge in [-0.2, -0.15) is 5.10 Å². The van der Waals surface area contributed by atoms with E-state index in [0.29, 0.717) is 6.54 Å². The fourth-order valence-corrected chi connectivity index (χ4v) is 1.90. The Morgan fingerprint density at radius 2 is 2.24 bits per heavy atom. The van der Waals surface area contributed by atoms with E-state index >= 15 is 0 Å². The van der Waals surface area contributed by atoms with E-state index in [4.69, 9.17) is 4.74 Å². The smallest absolute Gasteiger partial charge is 0.148 e. The van der Waals surface area contributed by atoms with Gasteiger partial charge in [0.2, 0.25) is 0 Å². The van der Waals surface area contributed by atoms with Crippen LogP contribution in [0.25, 0.3) is 0 Å². The van der Waals surface area contributed by atoms with E-state index < -0.39 is 0 Å². The van der Waals surface area contributed by atoms with Crippen molar-refractivity contribution in [2.45, 2.75) is 6.54 Å². The number of nitrogens with zero attached hydrogens (tertiary/aromatic N) is 2. The van der Waals surface area contributed by atoms with Crippen molar-refractivity contribution in [2.24, 2.45) is 7.05 Å². The number of nitrogens with one attached hydrogen (secondary N) is 1. The van der Waals surface area contributed by atoms with Gasteiger partial charge >= 0.3 is 0 Å². The highest BCUT2D eigenvalue weighted by Gasteiger charge is 2.03. The lowest BCUT2D eigenvalue weighted by Crippen LogP contribution is -2.02. The molecule has 1 aromatic carbocycles. The van der Waals surface area contributed by atoms with Crippen molar-refractivity contribution in [2.75, 3.05) is 12.4 Å². The molecule has 1 heterocycles. The third-order valence-electron chi connectivity index (χ3n) is 2.43. The molecule has 0 aliphatic heterocycles. The van der Waals surface area contributed by atoms with Crippen LogP contribution in [-0.4, -0.2) is 16.9 Å². The van der Waals surface area contributed by atoms with Gasteiger partial charge in [-0.05, 0) is 23.8 Å². The zero-order valence-corrected chi connectivity index (χ0v) is 11.4. The molecule has 0 fully saturated rings. The lowest BCUT2D eigenvalue weighted by molar-refractivity contribution is 0.414. The maximum absolute atomic E-state index is 5.20. The average Bonchev–Trinajstić information content (AvgIpc) is 2.74. The molecule has 0 unspecified atom stereocenters. The van der Waals surface area contributed by atoms with E-state index in [1.165, 1.54) is 0 Å². The van der Waals surface area contributed by atoms with E-state index in [1.807, 2.05) is 37.5 Å². The van der Waals surface area contributed by atoms with Crippen LogP contribution in [0.1, 0.15) is 5.56 Å². The van der Waals surface area contributed by atoms with Crippen LogP contribution in [0.2, 0.25) is 0 Å². The predicted molar refractivity (Wildman–Crippen MR) is 71.2 cm³/mol.